The maximum atomic E-state index is 3.97. The van der Waals surface area contributed by atoms with Crippen molar-refractivity contribution in [3.8, 4) is 0 Å². The molecule has 0 N–H and O–H groups in total. The van der Waals surface area contributed by atoms with Crippen molar-refractivity contribution in [1.29, 1.82) is 0 Å². The van der Waals surface area contributed by atoms with Gasteiger partial charge in [-0.1, -0.05) is 48.6 Å². The van der Waals surface area contributed by atoms with Gasteiger partial charge in [0.05, 0.1) is 0 Å². The molecular weight excluding hydrogens is 236 g/mol. The third kappa shape index (κ3) is 1.75. The molecule has 0 aliphatic heterocycles. The lowest BCUT2D eigenvalue weighted by molar-refractivity contribution is 0.704. The van der Waals surface area contributed by atoms with E-state index in [1.165, 1.54) is 20.5 Å². The van der Waals surface area contributed by atoms with Crippen LogP contribution < -0.4 is 0 Å². The van der Waals surface area contributed by atoms with Crippen LogP contribution in [0.15, 0.2) is 61.2 Å². The molecule has 0 saturated carbocycles. The summed E-state index contributed by atoms with van der Waals surface area (Å²) in [4.78, 5) is 1.42. The fourth-order valence-electron chi connectivity index (χ4n) is 2.74. The molecule has 0 fully saturated rings. The highest BCUT2D eigenvalue weighted by Crippen LogP contribution is 2.41. The van der Waals surface area contributed by atoms with Crippen LogP contribution in [0.25, 0.3) is 10.1 Å². The van der Waals surface area contributed by atoms with Crippen LogP contribution in [0.1, 0.15) is 16.4 Å². The van der Waals surface area contributed by atoms with Crippen molar-refractivity contribution in [3.05, 3.63) is 71.7 Å². The van der Waals surface area contributed by atoms with Crippen LogP contribution in [-0.2, 0) is 0 Å². The molecule has 2 aromatic rings. The second kappa shape index (κ2) is 4.58. The second-order valence-electron chi connectivity index (χ2n) is 4.68. The lowest BCUT2D eigenvalue weighted by Crippen LogP contribution is -2.08. The van der Waals surface area contributed by atoms with Crippen molar-refractivity contribution in [3.63, 3.8) is 0 Å². The van der Waals surface area contributed by atoms with Crippen LogP contribution in [0.3, 0.4) is 0 Å². The van der Waals surface area contributed by atoms with Gasteiger partial charge in [-0.2, -0.15) is 0 Å². The van der Waals surface area contributed by atoms with Crippen LogP contribution in [-0.4, -0.2) is 0 Å². The monoisotopic (exact) mass is 252 g/mol. The predicted molar refractivity (Wildman–Crippen MR) is 81.3 cm³/mol. The number of allylic oxidation sites excluding steroid dienone is 5. The Kier molecular flexibility index (Phi) is 2.92. The Hall–Kier alpha value is -1.60. The highest BCUT2D eigenvalue weighted by Gasteiger charge is 2.22. The summed E-state index contributed by atoms with van der Waals surface area (Å²) in [6, 6.07) is 8.69. The van der Waals surface area contributed by atoms with Gasteiger partial charge in [-0.25, -0.2) is 0 Å². The maximum absolute atomic E-state index is 3.97. The van der Waals surface area contributed by atoms with E-state index < -0.39 is 0 Å². The van der Waals surface area contributed by atoms with Gasteiger partial charge in [-0.3, -0.25) is 0 Å². The summed E-state index contributed by atoms with van der Waals surface area (Å²) in [6.45, 7) is 6.20. The van der Waals surface area contributed by atoms with E-state index in [0.29, 0.717) is 11.8 Å². The number of benzene rings is 1. The maximum Gasteiger partial charge on any atom is 0.0348 e. The summed E-state index contributed by atoms with van der Waals surface area (Å²) in [5.41, 5.74) is 1.47. The predicted octanol–water partition coefficient (Wildman–Crippen LogP) is 5.22. The Labute approximate surface area is 112 Å². The summed E-state index contributed by atoms with van der Waals surface area (Å²) in [5, 5.41) is 1.40. The fourth-order valence-corrected chi connectivity index (χ4v) is 3.86. The van der Waals surface area contributed by atoms with Crippen molar-refractivity contribution >= 4 is 21.4 Å². The second-order valence-corrected chi connectivity index (χ2v) is 5.93. The van der Waals surface area contributed by atoms with Crippen LogP contribution >= 0.6 is 11.3 Å². The average molecular weight is 252 g/mol. The van der Waals surface area contributed by atoms with Gasteiger partial charge in [0.1, 0.15) is 0 Å². The first-order valence-electron chi connectivity index (χ1n) is 6.27. The number of hydrogen-bond acceptors (Lipinski definition) is 1. The molecule has 0 radical (unpaired) electrons. The van der Waals surface area contributed by atoms with Gasteiger partial charge < -0.3 is 0 Å². The van der Waals surface area contributed by atoms with E-state index in [0.717, 1.165) is 0 Å². The molecule has 3 rings (SSSR count). The first-order valence-corrected chi connectivity index (χ1v) is 7.08. The molecule has 0 spiro atoms. The smallest absolute Gasteiger partial charge is 0.0348 e. The van der Waals surface area contributed by atoms with Crippen molar-refractivity contribution in [2.24, 2.45) is 5.92 Å². The van der Waals surface area contributed by atoms with Gasteiger partial charge in [0.25, 0.3) is 0 Å². The summed E-state index contributed by atoms with van der Waals surface area (Å²) < 4.78 is 1.38. The minimum absolute atomic E-state index is 0.409. The fraction of sp³-hybridized carbons (Fsp3) is 0.176. The van der Waals surface area contributed by atoms with Gasteiger partial charge in [0.2, 0.25) is 0 Å². The molecule has 18 heavy (non-hydrogen) atoms. The van der Waals surface area contributed by atoms with Gasteiger partial charge in [0, 0.05) is 21.4 Å². The Morgan fingerprint density at radius 3 is 2.78 bits per heavy atom. The van der Waals surface area contributed by atoms with Gasteiger partial charge >= 0.3 is 0 Å². The minimum atomic E-state index is 0.409. The van der Waals surface area contributed by atoms with Crippen LogP contribution in [0.5, 0.6) is 0 Å². The molecular formula is C17H16S. The molecule has 0 saturated heterocycles. The third-order valence-electron chi connectivity index (χ3n) is 3.60. The number of fused-ring (bicyclic) bond motifs is 1. The van der Waals surface area contributed by atoms with E-state index in [1.807, 2.05) is 11.3 Å². The van der Waals surface area contributed by atoms with E-state index in [9.17, 15) is 0 Å². The number of rotatable bonds is 2. The zero-order valence-corrected chi connectivity index (χ0v) is 11.3. The molecule has 1 aromatic carbocycles. The van der Waals surface area contributed by atoms with Gasteiger partial charge in [-0.05, 0) is 23.9 Å². The van der Waals surface area contributed by atoms with E-state index in [4.69, 9.17) is 0 Å². The number of aryl methyl sites for hydroxylation is 1. The van der Waals surface area contributed by atoms with Crippen molar-refractivity contribution in [1.82, 2.24) is 0 Å². The average Bonchev–Trinajstić information content (AvgIpc) is 2.74. The van der Waals surface area contributed by atoms with E-state index in [2.05, 4.69) is 68.1 Å². The highest BCUT2D eigenvalue weighted by molar-refractivity contribution is 7.19. The summed E-state index contributed by atoms with van der Waals surface area (Å²) >= 11 is 1.89. The standard InChI is InChI=1S/C17H16S/c1-3-13-8-4-5-9-14(13)17-12(2)18-16-11-7-6-10-15(16)17/h3-11,13-14H,1H2,2H3. The molecule has 0 nitrogen and oxygen atoms in total. The normalized spacial score (nSPS) is 22.5. The largest absolute Gasteiger partial charge is 0.140 e. The topological polar surface area (TPSA) is 0 Å². The highest BCUT2D eigenvalue weighted by atomic mass is 32.1. The Morgan fingerprint density at radius 2 is 1.94 bits per heavy atom. The van der Waals surface area contributed by atoms with Crippen molar-refractivity contribution in [2.45, 2.75) is 12.8 Å². The molecule has 2 atom stereocenters. The molecule has 0 bridgehead atoms. The zero-order valence-electron chi connectivity index (χ0n) is 10.5. The minimum Gasteiger partial charge on any atom is -0.140 e. The van der Waals surface area contributed by atoms with Crippen molar-refractivity contribution in [2.75, 3.05) is 0 Å². The van der Waals surface area contributed by atoms with Gasteiger partial charge in [-0.15, -0.1) is 17.9 Å². The van der Waals surface area contributed by atoms with E-state index >= 15 is 0 Å². The third-order valence-corrected chi connectivity index (χ3v) is 4.70. The van der Waals surface area contributed by atoms with E-state index in [-0.39, 0.29) is 0 Å². The lowest BCUT2D eigenvalue weighted by atomic mass is 9.82. The van der Waals surface area contributed by atoms with E-state index in [1.54, 1.807) is 0 Å². The molecule has 1 aromatic heterocycles. The summed E-state index contributed by atoms with van der Waals surface area (Å²) in [6.07, 6.45) is 10.9. The van der Waals surface area contributed by atoms with Crippen LogP contribution in [0, 0.1) is 12.8 Å². The molecule has 2 unspecified atom stereocenters. The summed E-state index contributed by atoms with van der Waals surface area (Å²) in [5.74, 6) is 0.843. The molecule has 1 aliphatic carbocycles. The molecule has 1 heteroatoms. The molecule has 0 amide bonds. The first-order chi connectivity index (χ1) is 8.81. The van der Waals surface area contributed by atoms with Gasteiger partial charge in [0.15, 0.2) is 0 Å². The number of thiophene rings is 1. The Balaban J connectivity index is 2.19. The quantitative estimate of drug-likeness (QED) is 0.643. The van der Waals surface area contributed by atoms with Crippen LogP contribution in [0.2, 0.25) is 0 Å². The molecule has 1 heterocycles. The SMILES string of the molecule is C=CC1C=CC=CC1c1c(C)sc2ccccc12. The number of hydrogen-bond donors (Lipinski definition) is 0. The zero-order chi connectivity index (χ0) is 12.5. The van der Waals surface area contributed by atoms with Crippen LogP contribution in [0.4, 0.5) is 0 Å². The Morgan fingerprint density at radius 1 is 1.17 bits per heavy atom. The summed E-state index contributed by atoms with van der Waals surface area (Å²) in [7, 11) is 0. The lowest BCUT2D eigenvalue weighted by Gasteiger charge is -2.22. The molecule has 1 aliphatic rings. The van der Waals surface area contributed by atoms with Crippen molar-refractivity contribution < 1.29 is 0 Å². The Bertz CT molecular complexity index is 643. The first kappa shape index (κ1) is 11.5. The molecule has 90 valence electrons.